The SMILES string of the molecule is CCNC(=NCCS(=O)Cc1ccccc1)NC1CCN(c2ccc(F)cc2F)C1.I. The molecule has 2 atom stereocenters. The lowest BCUT2D eigenvalue weighted by atomic mass is 10.2. The second-order valence-corrected chi connectivity index (χ2v) is 8.78. The Hall–Kier alpha value is -1.75. The first-order valence-corrected chi connectivity index (χ1v) is 11.7. The second-order valence-electron chi connectivity index (χ2n) is 7.21. The van der Waals surface area contributed by atoms with Crippen molar-refractivity contribution in [3.8, 4) is 0 Å². The summed E-state index contributed by atoms with van der Waals surface area (Å²) in [6.07, 6.45) is 0.821. The molecule has 0 bridgehead atoms. The molecule has 2 unspecified atom stereocenters. The number of hydrogen-bond donors (Lipinski definition) is 2. The molecule has 3 rings (SSSR count). The van der Waals surface area contributed by atoms with E-state index < -0.39 is 22.4 Å². The summed E-state index contributed by atoms with van der Waals surface area (Å²) in [7, 11) is -0.974. The maximum Gasteiger partial charge on any atom is 0.191 e. The molecule has 5 nitrogen and oxygen atoms in total. The fraction of sp³-hybridized carbons (Fsp3) is 0.409. The molecular weight excluding hydrogens is 533 g/mol. The average molecular weight is 562 g/mol. The van der Waals surface area contributed by atoms with Crippen molar-refractivity contribution in [1.29, 1.82) is 0 Å². The van der Waals surface area contributed by atoms with Crippen LogP contribution in [0.2, 0.25) is 0 Å². The Kier molecular flexibility index (Phi) is 10.7. The van der Waals surface area contributed by atoms with Crippen molar-refractivity contribution in [3.05, 3.63) is 65.7 Å². The van der Waals surface area contributed by atoms with Crippen LogP contribution in [0.5, 0.6) is 0 Å². The predicted molar refractivity (Wildman–Crippen MR) is 135 cm³/mol. The first kappa shape index (κ1) is 25.5. The topological polar surface area (TPSA) is 56.7 Å². The van der Waals surface area contributed by atoms with Crippen LogP contribution in [-0.4, -0.2) is 48.1 Å². The van der Waals surface area contributed by atoms with Crippen LogP contribution in [-0.2, 0) is 16.6 Å². The minimum Gasteiger partial charge on any atom is -0.367 e. The van der Waals surface area contributed by atoms with Gasteiger partial charge in [-0.05, 0) is 31.0 Å². The molecule has 0 aromatic heterocycles. The fourth-order valence-electron chi connectivity index (χ4n) is 3.44. The summed E-state index contributed by atoms with van der Waals surface area (Å²) in [4.78, 5) is 6.45. The number of hydrogen-bond acceptors (Lipinski definition) is 3. The summed E-state index contributed by atoms with van der Waals surface area (Å²) in [6, 6.07) is 13.6. The van der Waals surface area contributed by atoms with Gasteiger partial charge < -0.3 is 15.5 Å². The Morgan fingerprint density at radius 1 is 1.23 bits per heavy atom. The number of halogens is 3. The molecule has 0 saturated carbocycles. The lowest BCUT2D eigenvalue weighted by Crippen LogP contribution is -2.44. The van der Waals surface area contributed by atoms with E-state index in [0.29, 0.717) is 49.3 Å². The predicted octanol–water partition coefficient (Wildman–Crippen LogP) is 3.67. The molecule has 1 aliphatic rings. The molecule has 2 aromatic rings. The van der Waals surface area contributed by atoms with E-state index in [-0.39, 0.29) is 30.0 Å². The summed E-state index contributed by atoms with van der Waals surface area (Å²) < 4.78 is 39.5. The Balaban J connectivity index is 0.00000341. The third kappa shape index (κ3) is 8.03. The molecule has 1 aliphatic heterocycles. The molecule has 31 heavy (non-hydrogen) atoms. The van der Waals surface area contributed by atoms with Crippen LogP contribution in [0.15, 0.2) is 53.5 Å². The zero-order valence-corrected chi connectivity index (χ0v) is 20.7. The number of anilines is 1. The van der Waals surface area contributed by atoms with Gasteiger partial charge in [-0.15, -0.1) is 24.0 Å². The maximum absolute atomic E-state index is 14.0. The fourth-order valence-corrected chi connectivity index (χ4v) is 4.44. The molecule has 1 fully saturated rings. The van der Waals surface area contributed by atoms with Gasteiger partial charge in [-0.25, -0.2) is 8.78 Å². The maximum atomic E-state index is 14.0. The average Bonchev–Trinajstić information content (AvgIpc) is 3.17. The summed E-state index contributed by atoms with van der Waals surface area (Å²) in [5.41, 5.74) is 1.47. The minimum absolute atomic E-state index is 0. The van der Waals surface area contributed by atoms with Gasteiger partial charge in [-0.3, -0.25) is 9.20 Å². The molecule has 2 aromatic carbocycles. The van der Waals surface area contributed by atoms with Gasteiger partial charge in [0.15, 0.2) is 5.96 Å². The molecule has 1 saturated heterocycles. The Bertz CT molecular complexity index is 885. The largest absolute Gasteiger partial charge is 0.367 e. The third-order valence-electron chi connectivity index (χ3n) is 4.88. The van der Waals surface area contributed by atoms with Crippen LogP contribution in [0.4, 0.5) is 14.5 Å². The zero-order chi connectivity index (χ0) is 21.3. The normalized spacial score (nSPS) is 17.2. The molecule has 0 aliphatic carbocycles. The summed E-state index contributed by atoms with van der Waals surface area (Å²) >= 11 is 0. The van der Waals surface area contributed by atoms with Gasteiger partial charge in [0.25, 0.3) is 0 Å². The quantitative estimate of drug-likeness (QED) is 0.293. The van der Waals surface area contributed by atoms with Crippen molar-refractivity contribution in [2.45, 2.75) is 25.1 Å². The van der Waals surface area contributed by atoms with Gasteiger partial charge in [-0.1, -0.05) is 30.3 Å². The van der Waals surface area contributed by atoms with Crippen LogP contribution in [0.1, 0.15) is 18.9 Å². The smallest absolute Gasteiger partial charge is 0.191 e. The highest BCUT2D eigenvalue weighted by molar-refractivity contribution is 14.0. The molecule has 170 valence electrons. The number of aliphatic imine (C=N–C) groups is 1. The first-order chi connectivity index (χ1) is 14.5. The van der Waals surface area contributed by atoms with Crippen LogP contribution in [0.25, 0.3) is 0 Å². The van der Waals surface area contributed by atoms with Crippen LogP contribution in [0, 0.1) is 11.6 Å². The van der Waals surface area contributed by atoms with Gasteiger partial charge in [0.1, 0.15) is 11.6 Å². The van der Waals surface area contributed by atoms with Crippen molar-refractivity contribution in [2.75, 3.05) is 36.8 Å². The van der Waals surface area contributed by atoms with Crippen molar-refractivity contribution in [2.24, 2.45) is 4.99 Å². The summed E-state index contributed by atoms with van der Waals surface area (Å²) in [5, 5.41) is 6.58. The number of benzene rings is 2. The highest BCUT2D eigenvalue weighted by atomic mass is 127. The number of rotatable bonds is 8. The van der Waals surface area contributed by atoms with Gasteiger partial charge in [0.2, 0.25) is 0 Å². The van der Waals surface area contributed by atoms with E-state index in [1.807, 2.05) is 42.2 Å². The van der Waals surface area contributed by atoms with E-state index >= 15 is 0 Å². The molecule has 1 heterocycles. The van der Waals surface area contributed by atoms with E-state index in [9.17, 15) is 13.0 Å². The zero-order valence-electron chi connectivity index (χ0n) is 17.5. The van der Waals surface area contributed by atoms with Crippen LogP contribution >= 0.6 is 24.0 Å². The van der Waals surface area contributed by atoms with E-state index in [0.717, 1.165) is 18.1 Å². The highest BCUT2D eigenvalue weighted by Crippen LogP contribution is 2.24. The van der Waals surface area contributed by atoms with Crippen LogP contribution in [0.3, 0.4) is 0 Å². The monoisotopic (exact) mass is 562 g/mol. The van der Waals surface area contributed by atoms with E-state index in [4.69, 9.17) is 0 Å². The molecule has 0 amide bonds. The van der Waals surface area contributed by atoms with Gasteiger partial charge in [0, 0.05) is 54.0 Å². The first-order valence-electron chi connectivity index (χ1n) is 10.2. The number of guanidine groups is 1. The summed E-state index contributed by atoms with van der Waals surface area (Å²) in [6.45, 7) is 4.44. The van der Waals surface area contributed by atoms with E-state index in [2.05, 4.69) is 15.6 Å². The van der Waals surface area contributed by atoms with Gasteiger partial charge in [0.05, 0.1) is 12.2 Å². The summed E-state index contributed by atoms with van der Waals surface area (Å²) in [5.74, 6) is 0.568. The van der Waals surface area contributed by atoms with Crippen molar-refractivity contribution >= 4 is 46.4 Å². The highest BCUT2D eigenvalue weighted by Gasteiger charge is 2.25. The third-order valence-corrected chi connectivity index (χ3v) is 6.18. The number of nitrogens with zero attached hydrogens (tertiary/aromatic N) is 2. The minimum atomic E-state index is -0.974. The molecular formula is C22H29F2IN4OS. The molecule has 0 spiro atoms. The number of nitrogens with one attached hydrogen (secondary N) is 2. The van der Waals surface area contributed by atoms with Gasteiger partial charge >= 0.3 is 0 Å². The van der Waals surface area contributed by atoms with E-state index in [1.165, 1.54) is 12.1 Å². The lowest BCUT2D eigenvalue weighted by molar-refractivity contribution is 0.580. The second kappa shape index (κ2) is 12.9. The van der Waals surface area contributed by atoms with Crippen LogP contribution < -0.4 is 15.5 Å². The Morgan fingerprint density at radius 2 is 2.00 bits per heavy atom. The molecule has 0 radical (unpaired) electrons. The van der Waals surface area contributed by atoms with Crippen molar-refractivity contribution in [3.63, 3.8) is 0 Å². The van der Waals surface area contributed by atoms with Crippen molar-refractivity contribution in [1.82, 2.24) is 10.6 Å². The van der Waals surface area contributed by atoms with Crippen molar-refractivity contribution < 1.29 is 13.0 Å². The molecule has 2 N–H and O–H groups in total. The van der Waals surface area contributed by atoms with Gasteiger partial charge in [-0.2, -0.15) is 0 Å². The molecule has 9 heteroatoms. The lowest BCUT2D eigenvalue weighted by Gasteiger charge is -2.21. The Labute approximate surface area is 202 Å². The van der Waals surface area contributed by atoms with E-state index in [1.54, 1.807) is 0 Å². The Morgan fingerprint density at radius 3 is 2.71 bits per heavy atom. The standard InChI is InChI=1S/C22H28F2N4OS.HI/c1-2-25-22(26-11-13-30(29)16-17-6-4-3-5-7-17)27-19-10-12-28(15-19)21-9-8-18(23)14-20(21)24;/h3-9,14,19H,2,10-13,15-16H2,1H3,(H2,25,26,27);1H.